The van der Waals surface area contributed by atoms with E-state index in [4.69, 9.17) is 4.74 Å². The van der Waals surface area contributed by atoms with E-state index in [0.717, 1.165) is 37.5 Å². The number of fused-ring (bicyclic) bond motifs is 1. The zero-order valence-electron chi connectivity index (χ0n) is 12.1. The summed E-state index contributed by atoms with van der Waals surface area (Å²) in [7, 11) is 0. The molecule has 0 bridgehead atoms. The Hall–Kier alpha value is -2.60. The summed E-state index contributed by atoms with van der Waals surface area (Å²) in [6.45, 7) is 3.48. The summed E-state index contributed by atoms with van der Waals surface area (Å²) in [5, 5.41) is 7.64. The first kappa shape index (κ1) is 13.1. The molecule has 0 spiro atoms. The van der Waals surface area contributed by atoms with E-state index in [9.17, 15) is 0 Å². The molecule has 1 N–H and O–H groups in total. The van der Waals surface area contributed by atoms with Crippen LogP contribution < -0.4 is 10.2 Å². The average molecular weight is 295 g/mol. The molecule has 0 unspecified atom stereocenters. The second kappa shape index (κ2) is 5.65. The first-order valence-electron chi connectivity index (χ1n) is 7.39. The number of hydrogen-bond acceptors (Lipinski definition) is 5. The highest BCUT2D eigenvalue weighted by Gasteiger charge is 2.10. The van der Waals surface area contributed by atoms with Gasteiger partial charge in [0, 0.05) is 30.7 Å². The van der Waals surface area contributed by atoms with Gasteiger partial charge in [-0.2, -0.15) is 0 Å². The Morgan fingerprint density at radius 2 is 1.86 bits per heavy atom. The molecule has 3 aromatic rings. The predicted octanol–water partition coefficient (Wildman–Crippen LogP) is 2.31. The summed E-state index contributed by atoms with van der Waals surface area (Å²) in [5.41, 5.74) is 3.17. The maximum atomic E-state index is 5.38. The van der Waals surface area contributed by atoms with Gasteiger partial charge in [0.2, 0.25) is 5.95 Å². The quantitative estimate of drug-likeness (QED) is 0.803. The zero-order valence-corrected chi connectivity index (χ0v) is 12.1. The molecular formula is C16H17N5O. The lowest BCUT2D eigenvalue weighted by Gasteiger charge is -2.28. The van der Waals surface area contributed by atoms with Gasteiger partial charge >= 0.3 is 0 Å². The van der Waals surface area contributed by atoms with Crippen molar-refractivity contribution in [2.45, 2.75) is 0 Å². The van der Waals surface area contributed by atoms with E-state index in [1.165, 1.54) is 5.69 Å². The van der Waals surface area contributed by atoms with Crippen LogP contribution in [0.2, 0.25) is 0 Å². The number of ether oxygens (including phenoxy) is 1. The molecule has 0 atom stereocenters. The van der Waals surface area contributed by atoms with Crippen LogP contribution in [-0.4, -0.2) is 40.9 Å². The molecule has 4 rings (SSSR count). The maximum absolute atomic E-state index is 5.38. The van der Waals surface area contributed by atoms with Crippen LogP contribution in [0.25, 0.3) is 5.52 Å². The molecule has 0 saturated carbocycles. The van der Waals surface area contributed by atoms with Crippen LogP contribution in [-0.2, 0) is 4.74 Å². The first-order chi connectivity index (χ1) is 10.9. The van der Waals surface area contributed by atoms with Crippen molar-refractivity contribution in [1.82, 2.24) is 14.6 Å². The fraction of sp³-hybridized carbons (Fsp3) is 0.250. The van der Waals surface area contributed by atoms with Gasteiger partial charge in [0.15, 0.2) is 0 Å². The number of nitrogens with zero attached hydrogens (tertiary/aromatic N) is 4. The molecule has 0 radical (unpaired) electrons. The average Bonchev–Trinajstić information content (AvgIpc) is 3.04. The van der Waals surface area contributed by atoms with Crippen molar-refractivity contribution in [2.24, 2.45) is 0 Å². The van der Waals surface area contributed by atoms with Gasteiger partial charge in [-0.05, 0) is 36.4 Å². The smallest absolute Gasteiger partial charge is 0.245 e. The highest BCUT2D eigenvalue weighted by atomic mass is 16.5. The van der Waals surface area contributed by atoms with Gasteiger partial charge in [0.1, 0.15) is 0 Å². The normalized spacial score (nSPS) is 15.2. The SMILES string of the molecule is c1cc2cnc(Nc3ccc(N4CCOCC4)cc3)nn2c1. The van der Waals surface area contributed by atoms with Crippen LogP contribution in [0.4, 0.5) is 17.3 Å². The largest absolute Gasteiger partial charge is 0.378 e. The fourth-order valence-corrected chi connectivity index (χ4v) is 2.60. The van der Waals surface area contributed by atoms with Crippen molar-refractivity contribution in [1.29, 1.82) is 0 Å². The summed E-state index contributed by atoms with van der Waals surface area (Å²) in [5.74, 6) is 0.586. The molecule has 6 heteroatoms. The van der Waals surface area contributed by atoms with Gasteiger partial charge in [-0.3, -0.25) is 0 Å². The standard InChI is InChI=1S/C16H17N5O/c1-2-15-12-17-16(19-21(15)7-1)18-13-3-5-14(6-4-13)20-8-10-22-11-9-20/h1-7,12H,8-11H2,(H,18,19). The maximum Gasteiger partial charge on any atom is 0.245 e. The van der Waals surface area contributed by atoms with Crippen LogP contribution in [0.3, 0.4) is 0 Å². The first-order valence-corrected chi connectivity index (χ1v) is 7.39. The lowest BCUT2D eigenvalue weighted by Crippen LogP contribution is -2.36. The molecule has 22 heavy (non-hydrogen) atoms. The number of hydrogen-bond donors (Lipinski definition) is 1. The molecule has 112 valence electrons. The van der Waals surface area contributed by atoms with Gasteiger partial charge in [0.05, 0.1) is 24.9 Å². The molecule has 1 aliphatic rings. The summed E-state index contributed by atoms with van der Waals surface area (Å²) in [6, 6.07) is 12.2. The monoisotopic (exact) mass is 295 g/mol. The Morgan fingerprint density at radius 1 is 1.05 bits per heavy atom. The van der Waals surface area contributed by atoms with Crippen LogP contribution in [0.5, 0.6) is 0 Å². The number of benzene rings is 1. The van der Waals surface area contributed by atoms with E-state index in [1.807, 2.05) is 30.5 Å². The van der Waals surface area contributed by atoms with Gasteiger partial charge in [-0.25, -0.2) is 9.50 Å². The number of rotatable bonds is 3. The number of aromatic nitrogens is 3. The molecule has 1 aliphatic heterocycles. The number of nitrogens with one attached hydrogen (secondary N) is 1. The second-order valence-corrected chi connectivity index (χ2v) is 5.23. The minimum absolute atomic E-state index is 0.586. The van der Waals surface area contributed by atoms with Gasteiger partial charge < -0.3 is 15.0 Å². The third kappa shape index (κ3) is 2.60. The lowest BCUT2D eigenvalue weighted by molar-refractivity contribution is 0.122. The van der Waals surface area contributed by atoms with Crippen LogP contribution in [0.15, 0.2) is 48.8 Å². The molecule has 0 aliphatic carbocycles. The van der Waals surface area contributed by atoms with Crippen LogP contribution in [0, 0.1) is 0 Å². The third-order valence-electron chi connectivity index (χ3n) is 3.78. The Kier molecular flexibility index (Phi) is 3.36. The highest BCUT2D eigenvalue weighted by Crippen LogP contribution is 2.20. The van der Waals surface area contributed by atoms with Crippen LogP contribution >= 0.6 is 0 Å². The Labute approximate surface area is 128 Å². The minimum Gasteiger partial charge on any atom is -0.378 e. The summed E-state index contributed by atoms with van der Waals surface area (Å²) >= 11 is 0. The molecule has 1 fully saturated rings. The summed E-state index contributed by atoms with van der Waals surface area (Å²) in [4.78, 5) is 6.65. The van der Waals surface area contributed by atoms with E-state index in [0.29, 0.717) is 5.95 Å². The van der Waals surface area contributed by atoms with E-state index in [1.54, 1.807) is 10.7 Å². The van der Waals surface area contributed by atoms with Crippen molar-refractivity contribution in [3.8, 4) is 0 Å². The second-order valence-electron chi connectivity index (χ2n) is 5.23. The Morgan fingerprint density at radius 3 is 2.68 bits per heavy atom. The molecule has 1 aromatic carbocycles. The van der Waals surface area contributed by atoms with Crippen molar-refractivity contribution < 1.29 is 4.74 Å². The lowest BCUT2D eigenvalue weighted by atomic mass is 10.2. The number of anilines is 3. The van der Waals surface area contributed by atoms with E-state index < -0.39 is 0 Å². The predicted molar refractivity (Wildman–Crippen MR) is 85.7 cm³/mol. The molecule has 2 aromatic heterocycles. The summed E-state index contributed by atoms with van der Waals surface area (Å²) in [6.07, 6.45) is 3.71. The van der Waals surface area contributed by atoms with Crippen molar-refractivity contribution >= 4 is 22.8 Å². The molecule has 0 amide bonds. The Bertz CT molecular complexity index is 762. The van der Waals surface area contributed by atoms with E-state index >= 15 is 0 Å². The fourth-order valence-electron chi connectivity index (χ4n) is 2.60. The molecule has 3 heterocycles. The molecule has 6 nitrogen and oxygen atoms in total. The zero-order chi connectivity index (χ0) is 14.8. The van der Waals surface area contributed by atoms with E-state index in [-0.39, 0.29) is 0 Å². The van der Waals surface area contributed by atoms with E-state index in [2.05, 4.69) is 32.4 Å². The molecular weight excluding hydrogens is 278 g/mol. The molecule has 1 saturated heterocycles. The topological polar surface area (TPSA) is 54.7 Å². The Balaban J connectivity index is 1.50. The van der Waals surface area contributed by atoms with Crippen molar-refractivity contribution in [2.75, 3.05) is 36.5 Å². The summed E-state index contributed by atoms with van der Waals surface area (Å²) < 4.78 is 7.18. The minimum atomic E-state index is 0.586. The van der Waals surface area contributed by atoms with Crippen molar-refractivity contribution in [3.05, 3.63) is 48.8 Å². The van der Waals surface area contributed by atoms with Crippen LogP contribution in [0.1, 0.15) is 0 Å². The van der Waals surface area contributed by atoms with Crippen molar-refractivity contribution in [3.63, 3.8) is 0 Å². The highest BCUT2D eigenvalue weighted by molar-refractivity contribution is 5.59. The number of morpholine rings is 1. The van der Waals surface area contributed by atoms with Gasteiger partial charge in [0.25, 0.3) is 0 Å². The van der Waals surface area contributed by atoms with Gasteiger partial charge in [-0.1, -0.05) is 0 Å². The third-order valence-corrected chi connectivity index (χ3v) is 3.78. The van der Waals surface area contributed by atoms with Gasteiger partial charge in [-0.15, -0.1) is 5.10 Å².